The lowest BCUT2D eigenvalue weighted by Crippen LogP contribution is -2.19. The maximum atomic E-state index is 12.4. The SMILES string of the molecule is CCc1cccc(C)c1NC(=O)CSc1nnc(COc2ccc(C)cc2C)n1N. The van der Waals surface area contributed by atoms with Crippen molar-refractivity contribution in [2.24, 2.45) is 0 Å². The maximum Gasteiger partial charge on any atom is 0.234 e. The first-order valence-corrected chi connectivity index (χ1v) is 10.8. The van der Waals surface area contributed by atoms with E-state index >= 15 is 0 Å². The number of benzene rings is 2. The Hall–Kier alpha value is -3.00. The number of aryl methyl sites for hydroxylation is 4. The smallest absolute Gasteiger partial charge is 0.234 e. The summed E-state index contributed by atoms with van der Waals surface area (Å²) in [6.45, 7) is 8.28. The number of carbonyl (C=O) groups is 1. The summed E-state index contributed by atoms with van der Waals surface area (Å²) in [5.74, 6) is 7.44. The van der Waals surface area contributed by atoms with Gasteiger partial charge in [0.15, 0.2) is 5.82 Å². The molecule has 0 spiro atoms. The molecule has 0 aliphatic carbocycles. The Morgan fingerprint density at radius 1 is 1.17 bits per heavy atom. The molecule has 8 heteroatoms. The molecular formula is C22H27N5O2S. The topological polar surface area (TPSA) is 95.1 Å². The van der Waals surface area contributed by atoms with Gasteiger partial charge in [-0.2, -0.15) is 0 Å². The number of thioether (sulfide) groups is 1. The molecule has 3 N–H and O–H groups in total. The average Bonchev–Trinajstić information content (AvgIpc) is 3.07. The van der Waals surface area contributed by atoms with Crippen molar-refractivity contribution < 1.29 is 9.53 Å². The molecule has 0 saturated heterocycles. The van der Waals surface area contributed by atoms with Crippen LogP contribution in [0, 0.1) is 20.8 Å². The van der Waals surface area contributed by atoms with E-state index in [-0.39, 0.29) is 18.3 Å². The fraction of sp³-hybridized carbons (Fsp3) is 0.318. The van der Waals surface area contributed by atoms with Crippen LogP contribution < -0.4 is 15.9 Å². The molecule has 3 aromatic rings. The highest BCUT2D eigenvalue weighted by Crippen LogP contribution is 2.23. The first kappa shape index (κ1) is 21.7. The molecule has 1 amide bonds. The standard InChI is InChI=1S/C22H27N5O2S/c1-5-17-8-6-7-15(3)21(17)24-20(28)13-30-22-26-25-19(27(22)23)12-29-18-10-9-14(2)11-16(18)4/h6-11H,5,12-13,23H2,1-4H3,(H,24,28). The van der Waals surface area contributed by atoms with Crippen LogP contribution >= 0.6 is 11.8 Å². The van der Waals surface area contributed by atoms with E-state index in [1.807, 2.05) is 51.1 Å². The lowest BCUT2D eigenvalue weighted by Gasteiger charge is -2.12. The first-order chi connectivity index (χ1) is 14.4. The highest BCUT2D eigenvalue weighted by atomic mass is 32.2. The second-order valence-electron chi connectivity index (χ2n) is 7.13. The minimum atomic E-state index is -0.111. The molecule has 0 bridgehead atoms. The Kier molecular flexibility index (Phi) is 6.99. The second-order valence-corrected chi connectivity index (χ2v) is 8.07. The summed E-state index contributed by atoms with van der Waals surface area (Å²) in [6.07, 6.45) is 0.853. The number of para-hydroxylation sites is 1. The van der Waals surface area contributed by atoms with Gasteiger partial charge in [-0.05, 0) is 49.9 Å². The van der Waals surface area contributed by atoms with Crippen molar-refractivity contribution in [1.82, 2.24) is 14.9 Å². The van der Waals surface area contributed by atoms with Crippen LogP contribution in [-0.2, 0) is 17.8 Å². The number of nitrogens with one attached hydrogen (secondary N) is 1. The number of amides is 1. The molecule has 30 heavy (non-hydrogen) atoms. The molecule has 0 unspecified atom stereocenters. The molecule has 0 aliphatic rings. The van der Waals surface area contributed by atoms with Gasteiger partial charge in [0.2, 0.25) is 11.1 Å². The number of hydrogen-bond acceptors (Lipinski definition) is 6. The molecule has 1 heterocycles. The number of hydrogen-bond donors (Lipinski definition) is 2. The lowest BCUT2D eigenvalue weighted by molar-refractivity contribution is -0.113. The highest BCUT2D eigenvalue weighted by molar-refractivity contribution is 7.99. The lowest BCUT2D eigenvalue weighted by atomic mass is 10.1. The number of anilines is 1. The number of nitrogens with zero attached hydrogens (tertiary/aromatic N) is 3. The predicted molar refractivity (Wildman–Crippen MR) is 120 cm³/mol. The van der Waals surface area contributed by atoms with Gasteiger partial charge in [0, 0.05) is 5.69 Å². The highest BCUT2D eigenvalue weighted by Gasteiger charge is 2.14. The van der Waals surface area contributed by atoms with Gasteiger partial charge in [-0.15, -0.1) is 10.2 Å². The van der Waals surface area contributed by atoms with E-state index in [0.29, 0.717) is 11.0 Å². The number of carbonyl (C=O) groups excluding carboxylic acids is 1. The van der Waals surface area contributed by atoms with E-state index in [1.165, 1.54) is 22.0 Å². The van der Waals surface area contributed by atoms with Crippen molar-refractivity contribution in [3.63, 3.8) is 0 Å². The molecule has 2 aromatic carbocycles. The first-order valence-electron chi connectivity index (χ1n) is 9.79. The van der Waals surface area contributed by atoms with Crippen LogP contribution in [0.25, 0.3) is 0 Å². The fourth-order valence-corrected chi connectivity index (χ4v) is 3.79. The largest absolute Gasteiger partial charge is 0.485 e. The van der Waals surface area contributed by atoms with Crippen LogP contribution in [0.2, 0.25) is 0 Å². The van der Waals surface area contributed by atoms with Crippen LogP contribution in [0.5, 0.6) is 5.75 Å². The summed E-state index contributed by atoms with van der Waals surface area (Å²) in [5.41, 5.74) is 5.26. The summed E-state index contributed by atoms with van der Waals surface area (Å²) in [6, 6.07) is 12.0. The van der Waals surface area contributed by atoms with Crippen LogP contribution in [0.3, 0.4) is 0 Å². The number of ether oxygens (including phenoxy) is 1. The minimum absolute atomic E-state index is 0.111. The van der Waals surface area contributed by atoms with Crippen LogP contribution in [0.4, 0.5) is 5.69 Å². The zero-order valence-electron chi connectivity index (χ0n) is 17.7. The van der Waals surface area contributed by atoms with E-state index in [4.69, 9.17) is 10.6 Å². The van der Waals surface area contributed by atoms with Gasteiger partial charge in [0.25, 0.3) is 0 Å². The number of rotatable bonds is 8. The zero-order chi connectivity index (χ0) is 21.7. The number of nitrogen functional groups attached to an aromatic ring is 1. The summed E-state index contributed by atoms with van der Waals surface area (Å²) >= 11 is 1.24. The monoisotopic (exact) mass is 425 g/mol. The second kappa shape index (κ2) is 9.67. The summed E-state index contributed by atoms with van der Waals surface area (Å²) in [5, 5.41) is 11.6. The maximum absolute atomic E-state index is 12.4. The molecular weight excluding hydrogens is 398 g/mol. The summed E-state index contributed by atoms with van der Waals surface area (Å²) < 4.78 is 7.19. The molecule has 1 aromatic heterocycles. The molecule has 0 aliphatic heterocycles. The molecule has 0 saturated carbocycles. The molecule has 0 radical (unpaired) electrons. The van der Waals surface area contributed by atoms with Gasteiger partial charge in [-0.25, -0.2) is 4.68 Å². The van der Waals surface area contributed by atoms with E-state index in [2.05, 4.69) is 28.5 Å². The van der Waals surface area contributed by atoms with Crippen molar-refractivity contribution in [1.29, 1.82) is 0 Å². The van der Waals surface area contributed by atoms with Gasteiger partial charge in [-0.3, -0.25) is 4.79 Å². The third-order valence-corrected chi connectivity index (χ3v) is 5.70. The normalized spacial score (nSPS) is 10.8. The Labute approximate surface area is 181 Å². The summed E-state index contributed by atoms with van der Waals surface area (Å²) in [4.78, 5) is 12.4. The molecule has 7 nitrogen and oxygen atoms in total. The third kappa shape index (κ3) is 5.13. The van der Waals surface area contributed by atoms with E-state index in [0.717, 1.165) is 34.5 Å². The quantitative estimate of drug-likeness (QED) is 0.421. The van der Waals surface area contributed by atoms with E-state index < -0.39 is 0 Å². The van der Waals surface area contributed by atoms with Crippen LogP contribution in [0.1, 0.15) is 35.0 Å². The van der Waals surface area contributed by atoms with Crippen molar-refractivity contribution in [2.45, 2.75) is 45.9 Å². The third-order valence-electron chi connectivity index (χ3n) is 4.76. The Bertz CT molecular complexity index is 1050. The van der Waals surface area contributed by atoms with E-state index in [1.54, 1.807) is 0 Å². The molecule has 0 atom stereocenters. The average molecular weight is 426 g/mol. The van der Waals surface area contributed by atoms with Crippen LogP contribution in [0.15, 0.2) is 41.6 Å². The molecule has 0 fully saturated rings. The van der Waals surface area contributed by atoms with Gasteiger partial charge < -0.3 is 15.9 Å². The fourth-order valence-electron chi connectivity index (χ4n) is 3.12. The van der Waals surface area contributed by atoms with Gasteiger partial charge in [0.05, 0.1) is 5.75 Å². The van der Waals surface area contributed by atoms with Crippen molar-refractivity contribution in [2.75, 3.05) is 16.9 Å². The van der Waals surface area contributed by atoms with Crippen molar-refractivity contribution in [3.8, 4) is 5.75 Å². The molecule has 3 rings (SSSR count). The number of nitrogens with two attached hydrogens (primary N) is 1. The van der Waals surface area contributed by atoms with Gasteiger partial charge >= 0.3 is 0 Å². The van der Waals surface area contributed by atoms with Crippen LogP contribution in [-0.4, -0.2) is 26.5 Å². The summed E-state index contributed by atoms with van der Waals surface area (Å²) in [7, 11) is 0. The van der Waals surface area contributed by atoms with Gasteiger partial charge in [-0.1, -0.05) is 54.6 Å². The Morgan fingerprint density at radius 3 is 2.70 bits per heavy atom. The Morgan fingerprint density at radius 2 is 1.97 bits per heavy atom. The minimum Gasteiger partial charge on any atom is -0.485 e. The predicted octanol–water partition coefficient (Wildman–Crippen LogP) is 3.79. The molecule has 158 valence electrons. The van der Waals surface area contributed by atoms with Crippen molar-refractivity contribution >= 4 is 23.4 Å². The Balaban J connectivity index is 1.58. The van der Waals surface area contributed by atoms with E-state index in [9.17, 15) is 4.79 Å². The van der Waals surface area contributed by atoms with Gasteiger partial charge in [0.1, 0.15) is 12.4 Å². The zero-order valence-corrected chi connectivity index (χ0v) is 18.5. The van der Waals surface area contributed by atoms with Crippen molar-refractivity contribution in [3.05, 3.63) is 64.5 Å². The number of aromatic nitrogens is 3.